The van der Waals surface area contributed by atoms with Gasteiger partial charge in [0.15, 0.2) is 0 Å². The summed E-state index contributed by atoms with van der Waals surface area (Å²) in [7, 11) is 1.49. The molecule has 2 amide bonds. The summed E-state index contributed by atoms with van der Waals surface area (Å²) in [5.41, 5.74) is 0. The Morgan fingerprint density at radius 3 is 2.15 bits per heavy atom. The number of nitrogens with zero attached hydrogens (tertiary/aromatic N) is 1. The van der Waals surface area contributed by atoms with Crippen LogP contribution >= 0.6 is 0 Å². The van der Waals surface area contributed by atoms with Gasteiger partial charge in [-0.2, -0.15) is 0 Å². The Morgan fingerprint density at radius 1 is 1.19 bits per heavy atom. The zero-order chi connectivity index (χ0) is 21.1. The molecule has 9 nitrogen and oxygen atoms in total. The van der Waals surface area contributed by atoms with Gasteiger partial charge in [-0.25, -0.2) is 0 Å². The second-order valence-corrected chi connectivity index (χ2v) is 7.64. The van der Waals surface area contributed by atoms with Gasteiger partial charge in [0.05, 0.1) is 6.10 Å². The van der Waals surface area contributed by atoms with E-state index in [1.165, 1.54) is 14.0 Å². The van der Waals surface area contributed by atoms with E-state index < -0.39 is 11.0 Å². The van der Waals surface area contributed by atoms with E-state index >= 15 is 0 Å². The minimum absolute atomic E-state index is 0.0781. The summed E-state index contributed by atoms with van der Waals surface area (Å²) in [6.45, 7) is 12.7. The summed E-state index contributed by atoms with van der Waals surface area (Å²) in [6.07, 6.45) is -0.348. The lowest BCUT2D eigenvalue weighted by Crippen LogP contribution is -2.49. The number of methoxy groups -OCH3 is 1. The highest BCUT2D eigenvalue weighted by Crippen LogP contribution is 2.18. The van der Waals surface area contributed by atoms with Crippen molar-refractivity contribution in [3.05, 3.63) is 10.1 Å². The molecular weight excluding hydrogens is 352 g/mol. The first-order chi connectivity index (χ1) is 12.5. The molecule has 0 aromatic heterocycles. The number of nitro groups is 1. The standard InChI is InChI=1S/C9H18N2O4.C9H18N2O/c1-6(2)9(15-4)8(5-11(13)14)10-7(3)12;1-6(2)8-4-10-5-9(8)11-7(3)12/h6,8-9H,5H2,1-4H3,(H,10,12);6,8-10H,4-5H2,1-3H3,(H,11,12)/t2*8-,9-/m11/s1. The number of amides is 2. The van der Waals surface area contributed by atoms with E-state index in [-0.39, 0.29) is 30.4 Å². The topological polar surface area (TPSA) is 123 Å². The van der Waals surface area contributed by atoms with Crippen molar-refractivity contribution in [2.24, 2.45) is 17.8 Å². The number of hydrogen-bond donors (Lipinski definition) is 3. The molecule has 1 heterocycles. The van der Waals surface area contributed by atoms with Crippen molar-refractivity contribution in [2.75, 3.05) is 26.7 Å². The molecular formula is C18H36N4O5. The predicted molar refractivity (Wildman–Crippen MR) is 104 cm³/mol. The molecule has 1 rings (SSSR count). The number of carbonyl (C=O) groups is 2. The lowest BCUT2D eigenvalue weighted by atomic mass is 9.91. The molecule has 1 saturated heterocycles. The highest BCUT2D eigenvalue weighted by atomic mass is 16.6. The normalized spacial score (nSPS) is 21.2. The van der Waals surface area contributed by atoms with Crippen molar-refractivity contribution in [2.45, 2.75) is 59.7 Å². The second-order valence-electron chi connectivity index (χ2n) is 7.64. The molecule has 1 aliphatic rings. The summed E-state index contributed by atoms with van der Waals surface area (Å²) in [4.78, 5) is 31.7. The van der Waals surface area contributed by atoms with E-state index in [4.69, 9.17) is 4.74 Å². The smallest absolute Gasteiger partial charge is 0.226 e. The van der Waals surface area contributed by atoms with Crippen molar-refractivity contribution >= 4 is 11.8 Å². The molecule has 0 spiro atoms. The monoisotopic (exact) mass is 388 g/mol. The first-order valence-corrected chi connectivity index (χ1v) is 9.39. The Morgan fingerprint density at radius 2 is 1.78 bits per heavy atom. The Hall–Kier alpha value is -1.74. The largest absolute Gasteiger partial charge is 0.379 e. The third-order valence-electron chi connectivity index (χ3n) is 4.57. The van der Waals surface area contributed by atoms with Crippen LogP contribution in [0.15, 0.2) is 0 Å². The molecule has 27 heavy (non-hydrogen) atoms. The van der Waals surface area contributed by atoms with Gasteiger partial charge in [0.2, 0.25) is 18.4 Å². The van der Waals surface area contributed by atoms with Crippen LogP contribution in [-0.2, 0) is 14.3 Å². The molecule has 158 valence electrons. The zero-order valence-corrected chi connectivity index (χ0v) is 17.6. The molecule has 1 aliphatic heterocycles. The minimum Gasteiger partial charge on any atom is -0.379 e. The summed E-state index contributed by atoms with van der Waals surface area (Å²) >= 11 is 0. The minimum atomic E-state index is -0.581. The molecule has 0 aromatic carbocycles. The van der Waals surface area contributed by atoms with Crippen LogP contribution in [0.4, 0.5) is 0 Å². The molecule has 4 atom stereocenters. The Balaban J connectivity index is 0.000000511. The van der Waals surface area contributed by atoms with Crippen LogP contribution in [0.1, 0.15) is 41.5 Å². The van der Waals surface area contributed by atoms with Crippen molar-refractivity contribution in [3.8, 4) is 0 Å². The fraction of sp³-hybridized carbons (Fsp3) is 0.889. The average molecular weight is 389 g/mol. The quantitative estimate of drug-likeness (QED) is 0.418. The first kappa shape index (κ1) is 25.3. The number of hydrogen-bond acceptors (Lipinski definition) is 6. The Kier molecular flexibility index (Phi) is 11.8. The van der Waals surface area contributed by atoms with E-state index in [9.17, 15) is 19.7 Å². The summed E-state index contributed by atoms with van der Waals surface area (Å²) in [5, 5.41) is 19.2. The van der Waals surface area contributed by atoms with Crippen LogP contribution < -0.4 is 16.0 Å². The number of ether oxygens (including phenoxy) is 1. The number of rotatable bonds is 8. The fourth-order valence-corrected chi connectivity index (χ4v) is 3.37. The van der Waals surface area contributed by atoms with Crippen molar-refractivity contribution < 1.29 is 19.2 Å². The van der Waals surface area contributed by atoms with Crippen LogP contribution in [0.3, 0.4) is 0 Å². The second kappa shape index (κ2) is 12.6. The summed E-state index contributed by atoms with van der Waals surface area (Å²) in [5.74, 6) is 1.12. The van der Waals surface area contributed by atoms with Gasteiger partial charge in [0, 0.05) is 45.0 Å². The van der Waals surface area contributed by atoms with E-state index in [2.05, 4.69) is 29.8 Å². The first-order valence-electron chi connectivity index (χ1n) is 9.39. The molecule has 9 heteroatoms. The highest BCUT2D eigenvalue weighted by molar-refractivity contribution is 5.73. The molecule has 0 radical (unpaired) electrons. The van der Waals surface area contributed by atoms with Gasteiger partial charge < -0.3 is 20.7 Å². The molecule has 0 aromatic rings. The molecule has 0 unspecified atom stereocenters. The highest BCUT2D eigenvalue weighted by Gasteiger charge is 2.30. The maximum absolute atomic E-state index is 10.9. The molecule has 3 N–H and O–H groups in total. The van der Waals surface area contributed by atoms with Crippen LogP contribution in [0, 0.1) is 27.9 Å². The van der Waals surface area contributed by atoms with Gasteiger partial charge in [0.25, 0.3) is 0 Å². The van der Waals surface area contributed by atoms with Gasteiger partial charge in [-0.15, -0.1) is 0 Å². The summed E-state index contributed by atoms with van der Waals surface area (Å²) in [6, 6.07) is -0.245. The fourth-order valence-electron chi connectivity index (χ4n) is 3.37. The van der Waals surface area contributed by atoms with Gasteiger partial charge in [-0.3, -0.25) is 19.7 Å². The molecule has 0 aliphatic carbocycles. The van der Waals surface area contributed by atoms with Gasteiger partial charge in [0.1, 0.15) is 6.04 Å². The number of nitrogens with one attached hydrogen (secondary N) is 3. The molecule has 0 bridgehead atoms. The van der Waals surface area contributed by atoms with E-state index in [1.54, 1.807) is 6.92 Å². The van der Waals surface area contributed by atoms with E-state index in [0.717, 1.165) is 13.1 Å². The van der Waals surface area contributed by atoms with Crippen molar-refractivity contribution in [1.29, 1.82) is 0 Å². The van der Waals surface area contributed by atoms with Crippen LogP contribution in [-0.4, -0.2) is 61.7 Å². The van der Waals surface area contributed by atoms with Gasteiger partial charge >= 0.3 is 0 Å². The van der Waals surface area contributed by atoms with Crippen LogP contribution in [0.25, 0.3) is 0 Å². The van der Waals surface area contributed by atoms with Crippen molar-refractivity contribution in [3.63, 3.8) is 0 Å². The third kappa shape index (κ3) is 10.2. The van der Waals surface area contributed by atoms with Crippen molar-refractivity contribution in [1.82, 2.24) is 16.0 Å². The lowest BCUT2D eigenvalue weighted by molar-refractivity contribution is -0.485. The lowest BCUT2D eigenvalue weighted by Gasteiger charge is -2.26. The molecule has 0 saturated carbocycles. The van der Waals surface area contributed by atoms with Crippen LogP contribution in [0.2, 0.25) is 0 Å². The average Bonchev–Trinajstić information content (AvgIpc) is 2.94. The Bertz CT molecular complexity index is 468. The predicted octanol–water partition coefficient (Wildman–Crippen LogP) is 0.805. The van der Waals surface area contributed by atoms with E-state index in [1.807, 2.05) is 13.8 Å². The zero-order valence-electron chi connectivity index (χ0n) is 17.6. The van der Waals surface area contributed by atoms with Gasteiger partial charge in [-0.05, 0) is 17.8 Å². The van der Waals surface area contributed by atoms with E-state index in [0.29, 0.717) is 17.9 Å². The Labute approximate surface area is 162 Å². The maximum atomic E-state index is 10.9. The maximum Gasteiger partial charge on any atom is 0.226 e. The third-order valence-corrected chi connectivity index (χ3v) is 4.57. The van der Waals surface area contributed by atoms with Gasteiger partial charge in [-0.1, -0.05) is 27.7 Å². The number of carbonyl (C=O) groups excluding carboxylic acids is 2. The molecule has 1 fully saturated rings. The SMILES string of the molecule is CC(=O)N[C@@H]1CNC[C@@H]1C(C)C.CO[C@H](C(C)C)[C@@H](C[N+](=O)[O-])NC(C)=O. The van der Waals surface area contributed by atoms with Crippen LogP contribution in [0.5, 0.6) is 0 Å². The summed E-state index contributed by atoms with van der Waals surface area (Å²) < 4.78 is 5.16.